The van der Waals surface area contributed by atoms with E-state index in [0.29, 0.717) is 12.5 Å². The van der Waals surface area contributed by atoms with Gasteiger partial charge in [0, 0.05) is 6.54 Å². The predicted molar refractivity (Wildman–Crippen MR) is 73.7 cm³/mol. The van der Waals surface area contributed by atoms with E-state index in [1.807, 2.05) is 30.3 Å². The molecule has 0 bridgehead atoms. The molecule has 1 atom stereocenters. The van der Waals surface area contributed by atoms with Crippen molar-refractivity contribution in [1.82, 2.24) is 5.32 Å². The number of hydrogen-bond acceptors (Lipinski definition) is 2. The van der Waals surface area contributed by atoms with E-state index < -0.39 is 5.60 Å². The highest BCUT2D eigenvalue weighted by atomic mass is 16.3. The van der Waals surface area contributed by atoms with E-state index in [2.05, 4.69) is 5.32 Å². The fourth-order valence-electron chi connectivity index (χ4n) is 2.85. The molecule has 102 valence electrons. The molecule has 0 radical (unpaired) electrons. The molecule has 0 heterocycles. The summed E-state index contributed by atoms with van der Waals surface area (Å²) in [7, 11) is 0. The molecule has 1 aromatic carbocycles. The van der Waals surface area contributed by atoms with Crippen LogP contribution in [0.5, 0.6) is 0 Å². The smallest absolute Gasteiger partial charge is 0.227 e. The first-order valence-corrected chi connectivity index (χ1v) is 7.23. The summed E-state index contributed by atoms with van der Waals surface area (Å²) in [4.78, 5) is 12.4. The summed E-state index contributed by atoms with van der Waals surface area (Å²) in [5, 5.41) is 13.0. The van der Waals surface area contributed by atoms with E-state index in [1.165, 1.54) is 0 Å². The lowest BCUT2D eigenvalue weighted by molar-refractivity contribution is -0.125. The second kappa shape index (κ2) is 4.97. The standard InChI is InChI=1S/C16H21NO2/c18-15(17-11-16(19)9-4-10-16)14(13-7-8-13)12-5-2-1-3-6-12/h1-3,5-6,13-14,19H,4,7-11H2,(H,17,18). The van der Waals surface area contributed by atoms with Gasteiger partial charge in [0.1, 0.15) is 0 Å². The van der Waals surface area contributed by atoms with Gasteiger partial charge in [0.05, 0.1) is 11.5 Å². The summed E-state index contributed by atoms with van der Waals surface area (Å²) in [5.74, 6) is 0.525. The van der Waals surface area contributed by atoms with Gasteiger partial charge in [0.2, 0.25) is 5.91 Å². The Labute approximate surface area is 114 Å². The molecule has 0 aliphatic heterocycles. The third-order valence-corrected chi connectivity index (χ3v) is 4.41. The van der Waals surface area contributed by atoms with Gasteiger partial charge in [-0.1, -0.05) is 30.3 Å². The van der Waals surface area contributed by atoms with Crippen LogP contribution in [0.25, 0.3) is 0 Å². The Morgan fingerprint density at radius 2 is 2.00 bits per heavy atom. The molecule has 1 unspecified atom stereocenters. The lowest BCUT2D eigenvalue weighted by Gasteiger charge is -2.37. The minimum Gasteiger partial charge on any atom is -0.388 e. The monoisotopic (exact) mass is 259 g/mol. The number of benzene rings is 1. The molecule has 3 heteroatoms. The maximum Gasteiger partial charge on any atom is 0.227 e. The summed E-state index contributed by atoms with van der Waals surface area (Å²) in [6.07, 6.45) is 4.96. The van der Waals surface area contributed by atoms with E-state index >= 15 is 0 Å². The lowest BCUT2D eigenvalue weighted by atomic mass is 9.80. The molecule has 0 saturated heterocycles. The van der Waals surface area contributed by atoms with Crippen LogP contribution < -0.4 is 5.32 Å². The van der Waals surface area contributed by atoms with Crippen LogP contribution in [-0.2, 0) is 4.79 Å². The maximum atomic E-state index is 12.4. The van der Waals surface area contributed by atoms with Crippen LogP contribution in [0.1, 0.15) is 43.6 Å². The number of amides is 1. The molecular formula is C16H21NO2. The summed E-state index contributed by atoms with van der Waals surface area (Å²) < 4.78 is 0. The zero-order valence-corrected chi connectivity index (χ0v) is 11.1. The molecule has 3 rings (SSSR count). The minimum absolute atomic E-state index is 0.0372. The Morgan fingerprint density at radius 1 is 1.32 bits per heavy atom. The summed E-state index contributed by atoms with van der Waals surface area (Å²) >= 11 is 0. The predicted octanol–water partition coefficient (Wildman–Crippen LogP) is 2.21. The van der Waals surface area contributed by atoms with Crippen molar-refractivity contribution in [3.05, 3.63) is 35.9 Å². The topological polar surface area (TPSA) is 49.3 Å². The van der Waals surface area contributed by atoms with Crippen LogP contribution in [0.3, 0.4) is 0 Å². The lowest BCUT2D eigenvalue weighted by Crippen LogP contribution is -2.48. The van der Waals surface area contributed by atoms with Gasteiger partial charge in [0.15, 0.2) is 0 Å². The van der Waals surface area contributed by atoms with E-state index in [9.17, 15) is 9.90 Å². The van der Waals surface area contributed by atoms with E-state index in [1.54, 1.807) is 0 Å². The van der Waals surface area contributed by atoms with Gasteiger partial charge >= 0.3 is 0 Å². The van der Waals surface area contributed by atoms with Crippen molar-refractivity contribution >= 4 is 5.91 Å². The number of carbonyl (C=O) groups is 1. The summed E-state index contributed by atoms with van der Waals surface area (Å²) in [5.41, 5.74) is 0.462. The fraction of sp³-hybridized carbons (Fsp3) is 0.562. The quantitative estimate of drug-likeness (QED) is 0.851. The fourth-order valence-corrected chi connectivity index (χ4v) is 2.85. The van der Waals surface area contributed by atoms with E-state index in [0.717, 1.165) is 37.7 Å². The zero-order valence-electron chi connectivity index (χ0n) is 11.1. The molecule has 3 nitrogen and oxygen atoms in total. The van der Waals surface area contributed by atoms with Crippen molar-refractivity contribution in [3.8, 4) is 0 Å². The third kappa shape index (κ3) is 2.81. The number of nitrogens with one attached hydrogen (secondary N) is 1. The molecule has 0 aromatic heterocycles. The Balaban J connectivity index is 1.65. The van der Waals surface area contributed by atoms with Crippen LogP contribution in [0.4, 0.5) is 0 Å². The van der Waals surface area contributed by atoms with Gasteiger partial charge in [-0.05, 0) is 43.6 Å². The van der Waals surface area contributed by atoms with E-state index in [-0.39, 0.29) is 11.8 Å². The summed E-state index contributed by atoms with van der Waals surface area (Å²) in [6, 6.07) is 10.00. The Kier molecular flexibility index (Phi) is 3.31. The normalized spacial score (nSPS) is 22.4. The van der Waals surface area contributed by atoms with Crippen molar-refractivity contribution in [3.63, 3.8) is 0 Å². The third-order valence-electron chi connectivity index (χ3n) is 4.41. The van der Waals surface area contributed by atoms with Crippen molar-refractivity contribution in [2.45, 2.75) is 43.6 Å². The molecule has 2 aliphatic rings. The number of carbonyl (C=O) groups excluding carboxylic acids is 1. The van der Waals surface area contributed by atoms with Crippen molar-refractivity contribution in [2.75, 3.05) is 6.54 Å². The maximum absolute atomic E-state index is 12.4. The molecule has 19 heavy (non-hydrogen) atoms. The average molecular weight is 259 g/mol. The van der Waals surface area contributed by atoms with Crippen LogP contribution in [-0.4, -0.2) is 23.2 Å². The molecule has 1 amide bonds. The van der Waals surface area contributed by atoms with E-state index in [4.69, 9.17) is 0 Å². The van der Waals surface area contributed by atoms with Crippen LogP contribution in [0.2, 0.25) is 0 Å². The molecular weight excluding hydrogens is 238 g/mol. The number of aliphatic hydroxyl groups is 1. The Hall–Kier alpha value is -1.35. The number of hydrogen-bond donors (Lipinski definition) is 2. The van der Waals surface area contributed by atoms with Gasteiger partial charge in [-0.15, -0.1) is 0 Å². The van der Waals surface area contributed by atoms with Gasteiger partial charge in [0.25, 0.3) is 0 Å². The van der Waals surface area contributed by atoms with Gasteiger partial charge < -0.3 is 10.4 Å². The van der Waals surface area contributed by atoms with Crippen molar-refractivity contribution in [1.29, 1.82) is 0 Å². The molecule has 0 spiro atoms. The first-order chi connectivity index (χ1) is 9.18. The SMILES string of the molecule is O=C(NCC1(O)CCC1)C(c1ccccc1)C1CC1. The zero-order chi connectivity index (χ0) is 13.3. The van der Waals surface area contributed by atoms with Crippen LogP contribution in [0.15, 0.2) is 30.3 Å². The van der Waals surface area contributed by atoms with Crippen LogP contribution >= 0.6 is 0 Å². The van der Waals surface area contributed by atoms with Crippen molar-refractivity contribution in [2.24, 2.45) is 5.92 Å². The molecule has 2 fully saturated rings. The second-order valence-corrected chi connectivity index (χ2v) is 6.02. The highest BCUT2D eigenvalue weighted by Crippen LogP contribution is 2.42. The van der Waals surface area contributed by atoms with Crippen LogP contribution in [0, 0.1) is 5.92 Å². The highest BCUT2D eigenvalue weighted by molar-refractivity contribution is 5.84. The number of rotatable bonds is 5. The van der Waals surface area contributed by atoms with Gasteiger partial charge in [-0.2, -0.15) is 0 Å². The molecule has 2 saturated carbocycles. The first kappa shape index (κ1) is 12.7. The Bertz CT molecular complexity index is 449. The Morgan fingerprint density at radius 3 is 2.53 bits per heavy atom. The largest absolute Gasteiger partial charge is 0.388 e. The molecule has 2 N–H and O–H groups in total. The van der Waals surface area contributed by atoms with Gasteiger partial charge in [-0.25, -0.2) is 0 Å². The van der Waals surface area contributed by atoms with Gasteiger partial charge in [-0.3, -0.25) is 4.79 Å². The highest BCUT2D eigenvalue weighted by Gasteiger charge is 2.39. The summed E-state index contributed by atoms with van der Waals surface area (Å²) in [6.45, 7) is 0.405. The minimum atomic E-state index is -0.638. The molecule has 2 aliphatic carbocycles. The second-order valence-electron chi connectivity index (χ2n) is 6.02. The van der Waals surface area contributed by atoms with Crippen molar-refractivity contribution < 1.29 is 9.90 Å². The first-order valence-electron chi connectivity index (χ1n) is 7.23. The molecule has 1 aromatic rings. The average Bonchev–Trinajstić information content (AvgIpc) is 3.20.